The number of aliphatic imine (C=N–C) groups is 1. The van der Waals surface area contributed by atoms with Crippen LogP contribution in [0.4, 0.5) is 5.13 Å². The lowest BCUT2D eigenvalue weighted by atomic mass is 10.1. The molecule has 7 nitrogen and oxygen atoms in total. The Hall–Kier alpha value is -1.38. The van der Waals surface area contributed by atoms with E-state index >= 15 is 0 Å². The van der Waals surface area contributed by atoms with Crippen LogP contribution in [0, 0.1) is 5.92 Å². The number of guanidine groups is 1. The number of methoxy groups -OCH3 is 1. The number of nitrogens with zero attached hydrogens (tertiary/aromatic N) is 4. The molecule has 28 heavy (non-hydrogen) atoms. The highest BCUT2D eigenvalue weighted by atomic mass is 32.1. The number of likely N-dealkylation sites (tertiary alicyclic amines) is 1. The summed E-state index contributed by atoms with van der Waals surface area (Å²) in [6, 6.07) is 0. The van der Waals surface area contributed by atoms with Crippen LogP contribution in [-0.2, 0) is 15.9 Å². The molecule has 0 radical (unpaired) electrons. The molecule has 0 amide bonds. The Labute approximate surface area is 173 Å². The molecule has 2 aliphatic heterocycles. The van der Waals surface area contributed by atoms with E-state index < -0.39 is 0 Å². The highest BCUT2D eigenvalue weighted by molar-refractivity contribution is 7.13. The lowest BCUT2D eigenvalue weighted by Crippen LogP contribution is -2.40. The number of nitrogens with one attached hydrogen (secondary N) is 1. The van der Waals surface area contributed by atoms with E-state index in [1.54, 1.807) is 18.4 Å². The molecule has 2 aliphatic rings. The van der Waals surface area contributed by atoms with Gasteiger partial charge in [-0.2, -0.15) is 0 Å². The maximum atomic E-state index is 5.71. The molecule has 0 aliphatic carbocycles. The number of aromatic nitrogens is 1. The molecule has 3 heterocycles. The average molecular weight is 410 g/mol. The Balaban J connectivity index is 1.45. The van der Waals surface area contributed by atoms with Crippen molar-refractivity contribution in [1.82, 2.24) is 15.2 Å². The van der Waals surface area contributed by atoms with E-state index in [1.165, 1.54) is 18.0 Å². The molecule has 8 heteroatoms. The average Bonchev–Trinajstić information content (AvgIpc) is 3.46. The van der Waals surface area contributed by atoms with Crippen LogP contribution in [0.2, 0.25) is 0 Å². The van der Waals surface area contributed by atoms with Gasteiger partial charge in [0, 0.05) is 64.1 Å². The van der Waals surface area contributed by atoms with Gasteiger partial charge in [0.25, 0.3) is 0 Å². The predicted molar refractivity (Wildman–Crippen MR) is 116 cm³/mol. The summed E-state index contributed by atoms with van der Waals surface area (Å²) in [6.07, 6.45) is 4.64. The quantitative estimate of drug-likeness (QED) is 0.363. The fraction of sp³-hybridized carbons (Fsp3) is 0.800. The van der Waals surface area contributed by atoms with Gasteiger partial charge in [-0.3, -0.25) is 4.99 Å². The summed E-state index contributed by atoms with van der Waals surface area (Å²) >= 11 is 1.77. The molecule has 1 atom stereocenters. The second kappa shape index (κ2) is 11.6. The van der Waals surface area contributed by atoms with Gasteiger partial charge in [0.1, 0.15) is 0 Å². The first-order chi connectivity index (χ1) is 13.8. The highest BCUT2D eigenvalue weighted by Gasteiger charge is 2.25. The zero-order valence-electron chi connectivity index (χ0n) is 17.4. The molecule has 0 bridgehead atoms. The number of anilines is 1. The summed E-state index contributed by atoms with van der Waals surface area (Å²) in [5.41, 5.74) is 1.16. The largest absolute Gasteiger partial charge is 0.382 e. The second-order valence-corrected chi connectivity index (χ2v) is 8.31. The zero-order valence-corrected chi connectivity index (χ0v) is 18.2. The summed E-state index contributed by atoms with van der Waals surface area (Å²) < 4.78 is 10.7. The monoisotopic (exact) mass is 409 g/mol. The molecule has 2 saturated heterocycles. The maximum Gasteiger partial charge on any atom is 0.193 e. The summed E-state index contributed by atoms with van der Waals surface area (Å²) in [6.45, 7) is 10.3. The Bertz CT molecular complexity index is 603. The molecule has 1 aromatic heterocycles. The van der Waals surface area contributed by atoms with Crippen molar-refractivity contribution in [2.75, 3.05) is 71.1 Å². The first kappa shape index (κ1) is 21.3. The molecule has 3 rings (SSSR count). The molecule has 158 valence electrons. The third-order valence-corrected chi connectivity index (χ3v) is 6.20. The number of ether oxygens (including phenoxy) is 2. The Kier molecular flexibility index (Phi) is 8.82. The molecule has 1 N–H and O–H groups in total. The van der Waals surface area contributed by atoms with Crippen LogP contribution in [0.25, 0.3) is 0 Å². The molecule has 1 aromatic rings. The molecular weight excluding hydrogens is 374 g/mol. The van der Waals surface area contributed by atoms with Crippen molar-refractivity contribution in [3.05, 3.63) is 11.1 Å². The maximum absolute atomic E-state index is 5.71. The smallest absolute Gasteiger partial charge is 0.193 e. The summed E-state index contributed by atoms with van der Waals surface area (Å²) in [7, 11) is 1.71. The van der Waals surface area contributed by atoms with E-state index in [1.807, 2.05) is 0 Å². The molecular formula is C20H35N5O2S. The molecule has 0 aromatic carbocycles. The van der Waals surface area contributed by atoms with Gasteiger partial charge in [0.15, 0.2) is 11.1 Å². The van der Waals surface area contributed by atoms with E-state index in [0.29, 0.717) is 19.1 Å². The van der Waals surface area contributed by atoms with Crippen molar-refractivity contribution in [1.29, 1.82) is 0 Å². The van der Waals surface area contributed by atoms with Crippen molar-refractivity contribution in [2.24, 2.45) is 10.9 Å². The van der Waals surface area contributed by atoms with Crippen LogP contribution in [0.5, 0.6) is 0 Å². The summed E-state index contributed by atoms with van der Waals surface area (Å²) in [4.78, 5) is 14.4. The van der Waals surface area contributed by atoms with Gasteiger partial charge in [-0.15, -0.1) is 11.3 Å². The fourth-order valence-electron chi connectivity index (χ4n) is 3.72. The number of hydrogen-bond donors (Lipinski definition) is 1. The van der Waals surface area contributed by atoms with Crippen molar-refractivity contribution in [3.8, 4) is 0 Å². The first-order valence-corrected chi connectivity index (χ1v) is 11.5. The van der Waals surface area contributed by atoms with Crippen molar-refractivity contribution < 1.29 is 9.47 Å². The topological polar surface area (TPSA) is 62.2 Å². The van der Waals surface area contributed by atoms with Gasteiger partial charge in [-0.05, 0) is 26.2 Å². The normalized spacial score (nSPS) is 20.4. The van der Waals surface area contributed by atoms with E-state index in [0.717, 1.165) is 70.4 Å². The van der Waals surface area contributed by atoms with Gasteiger partial charge in [0.2, 0.25) is 0 Å². The molecule has 1 unspecified atom stereocenters. The van der Waals surface area contributed by atoms with Crippen LogP contribution in [-0.4, -0.2) is 82.0 Å². The summed E-state index contributed by atoms with van der Waals surface area (Å²) in [5, 5.41) is 6.82. The lowest BCUT2D eigenvalue weighted by molar-refractivity contribution is 0.0536. The van der Waals surface area contributed by atoms with Gasteiger partial charge >= 0.3 is 0 Å². The third-order valence-electron chi connectivity index (χ3n) is 5.25. The van der Waals surface area contributed by atoms with E-state index in [-0.39, 0.29) is 0 Å². The Morgan fingerprint density at radius 3 is 2.96 bits per heavy atom. The fourth-order valence-corrected chi connectivity index (χ4v) is 4.63. The van der Waals surface area contributed by atoms with Gasteiger partial charge < -0.3 is 24.6 Å². The SMILES string of the molecule is CCNC(=NCCc1csc(N2CCCC2)n1)N1CCC(COCCOC)C1. The Morgan fingerprint density at radius 1 is 1.32 bits per heavy atom. The second-order valence-electron chi connectivity index (χ2n) is 7.47. The number of hydrogen-bond acceptors (Lipinski definition) is 6. The summed E-state index contributed by atoms with van der Waals surface area (Å²) in [5.74, 6) is 1.60. The van der Waals surface area contributed by atoms with Gasteiger partial charge in [-0.1, -0.05) is 0 Å². The molecule has 0 spiro atoms. The minimum absolute atomic E-state index is 0.572. The van der Waals surface area contributed by atoms with Crippen LogP contribution in [0.1, 0.15) is 31.9 Å². The third kappa shape index (κ3) is 6.32. The first-order valence-electron chi connectivity index (χ1n) is 10.6. The van der Waals surface area contributed by atoms with Crippen LogP contribution >= 0.6 is 11.3 Å². The van der Waals surface area contributed by atoms with E-state index in [2.05, 4.69) is 27.4 Å². The van der Waals surface area contributed by atoms with Crippen LogP contribution in [0.3, 0.4) is 0 Å². The minimum atomic E-state index is 0.572. The van der Waals surface area contributed by atoms with E-state index in [4.69, 9.17) is 19.5 Å². The molecule has 0 saturated carbocycles. The van der Waals surface area contributed by atoms with Crippen LogP contribution in [0.15, 0.2) is 10.4 Å². The van der Waals surface area contributed by atoms with Gasteiger partial charge in [0.05, 0.1) is 25.5 Å². The zero-order chi connectivity index (χ0) is 19.6. The molecule has 2 fully saturated rings. The number of thiazole rings is 1. The van der Waals surface area contributed by atoms with Gasteiger partial charge in [-0.25, -0.2) is 4.98 Å². The standard InChI is InChI=1S/C20H35N5O2S/c1-3-21-19(25-11-7-17(14-25)15-27-13-12-26-2)22-8-6-18-16-28-20(23-18)24-9-4-5-10-24/h16-17H,3-15H2,1-2H3,(H,21,22). The Morgan fingerprint density at radius 2 is 2.18 bits per heavy atom. The van der Waals surface area contributed by atoms with E-state index in [9.17, 15) is 0 Å². The van der Waals surface area contributed by atoms with Crippen molar-refractivity contribution in [2.45, 2.75) is 32.6 Å². The number of rotatable bonds is 10. The lowest BCUT2D eigenvalue weighted by Gasteiger charge is -2.21. The predicted octanol–water partition coefficient (Wildman–Crippen LogP) is 2.24. The van der Waals surface area contributed by atoms with Crippen molar-refractivity contribution >= 4 is 22.4 Å². The highest BCUT2D eigenvalue weighted by Crippen LogP contribution is 2.24. The van der Waals surface area contributed by atoms with Crippen molar-refractivity contribution in [3.63, 3.8) is 0 Å². The minimum Gasteiger partial charge on any atom is -0.382 e. The van der Waals surface area contributed by atoms with Crippen LogP contribution < -0.4 is 10.2 Å².